The lowest BCUT2D eigenvalue weighted by Crippen LogP contribution is -2.30. The van der Waals surface area contributed by atoms with Gasteiger partial charge in [-0.05, 0) is 43.0 Å². The minimum Gasteiger partial charge on any atom is -0.313 e. The highest BCUT2D eigenvalue weighted by atomic mass is 14.9. The Kier molecular flexibility index (Phi) is 3.56. The van der Waals surface area contributed by atoms with Crippen LogP contribution in [0.15, 0.2) is 18.2 Å². The summed E-state index contributed by atoms with van der Waals surface area (Å²) < 4.78 is 0. The molecule has 1 atom stereocenters. The Morgan fingerprint density at radius 1 is 1.07 bits per heavy atom. The quantitative estimate of drug-likeness (QED) is 0.777. The molecule has 1 unspecified atom stereocenters. The number of hydrogen-bond donors (Lipinski definition) is 1. The summed E-state index contributed by atoms with van der Waals surface area (Å²) in [6.45, 7) is 11.2. The molecule has 0 aliphatic heterocycles. The molecule has 0 fully saturated rings. The van der Waals surface area contributed by atoms with Gasteiger partial charge in [-0.2, -0.15) is 0 Å². The van der Waals surface area contributed by atoms with Gasteiger partial charge in [0.25, 0.3) is 0 Å². The van der Waals surface area contributed by atoms with E-state index in [1.165, 1.54) is 16.7 Å². The van der Waals surface area contributed by atoms with Crippen LogP contribution in [0.5, 0.6) is 0 Å². The standard InChI is InChI=1S/C14H23N/c1-10-8-7-9-11(2)12(10)13(15-6)14(3,4)5/h7-9,13,15H,1-6H3. The summed E-state index contributed by atoms with van der Waals surface area (Å²) in [5.41, 5.74) is 4.45. The van der Waals surface area contributed by atoms with Crippen LogP contribution in [0.25, 0.3) is 0 Å². The molecule has 0 spiro atoms. The summed E-state index contributed by atoms with van der Waals surface area (Å²) in [6.07, 6.45) is 0. The minimum absolute atomic E-state index is 0.242. The summed E-state index contributed by atoms with van der Waals surface area (Å²) in [4.78, 5) is 0. The first-order valence-electron chi connectivity index (χ1n) is 5.61. The van der Waals surface area contributed by atoms with Gasteiger partial charge < -0.3 is 5.32 Å². The van der Waals surface area contributed by atoms with Crippen LogP contribution in [0, 0.1) is 19.3 Å². The van der Waals surface area contributed by atoms with Crippen LogP contribution in [0.3, 0.4) is 0 Å². The third-order valence-corrected chi connectivity index (χ3v) is 2.99. The van der Waals surface area contributed by atoms with E-state index in [2.05, 4.69) is 58.1 Å². The maximum absolute atomic E-state index is 3.44. The number of benzene rings is 1. The van der Waals surface area contributed by atoms with Gasteiger partial charge in [-0.3, -0.25) is 0 Å². The first-order chi connectivity index (χ1) is 6.88. The van der Waals surface area contributed by atoms with Crippen molar-refractivity contribution in [2.75, 3.05) is 7.05 Å². The van der Waals surface area contributed by atoms with E-state index in [0.717, 1.165) is 0 Å². The lowest BCUT2D eigenvalue weighted by molar-refractivity contribution is 0.285. The normalized spacial score (nSPS) is 14.0. The maximum atomic E-state index is 3.44. The highest BCUT2D eigenvalue weighted by Gasteiger charge is 2.26. The maximum Gasteiger partial charge on any atom is 0.0372 e. The molecule has 0 saturated carbocycles. The van der Waals surface area contributed by atoms with Crippen molar-refractivity contribution in [3.63, 3.8) is 0 Å². The summed E-state index contributed by atoms with van der Waals surface area (Å²) in [6, 6.07) is 6.93. The summed E-state index contributed by atoms with van der Waals surface area (Å²) in [5, 5.41) is 3.44. The van der Waals surface area contributed by atoms with E-state index in [4.69, 9.17) is 0 Å². The zero-order chi connectivity index (χ0) is 11.6. The Bertz CT molecular complexity index is 313. The lowest BCUT2D eigenvalue weighted by atomic mass is 9.79. The van der Waals surface area contributed by atoms with E-state index in [9.17, 15) is 0 Å². The van der Waals surface area contributed by atoms with Gasteiger partial charge in [-0.1, -0.05) is 39.0 Å². The second-order valence-electron chi connectivity index (χ2n) is 5.39. The Labute approximate surface area is 93.9 Å². The van der Waals surface area contributed by atoms with Crippen molar-refractivity contribution < 1.29 is 0 Å². The summed E-state index contributed by atoms with van der Waals surface area (Å²) in [5.74, 6) is 0. The van der Waals surface area contributed by atoms with Gasteiger partial charge in [0.1, 0.15) is 0 Å². The monoisotopic (exact) mass is 205 g/mol. The SMILES string of the molecule is CNC(c1c(C)cccc1C)C(C)(C)C. The molecule has 1 N–H and O–H groups in total. The molecule has 0 aromatic heterocycles. The molecular formula is C14H23N. The lowest BCUT2D eigenvalue weighted by Gasteiger charge is -2.33. The molecule has 1 rings (SSSR count). The number of rotatable bonds is 2. The predicted molar refractivity (Wildman–Crippen MR) is 67.2 cm³/mol. The van der Waals surface area contributed by atoms with Gasteiger partial charge in [0.2, 0.25) is 0 Å². The molecule has 0 amide bonds. The third kappa shape index (κ3) is 2.60. The average Bonchev–Trinajstić information content (AvgIpc) is 2.09. The van der Waals surface area contributed by atoms with E-state index in [-0.39, 0.29) is 5.41 Å². The van der Waals surface area contributed by atoms with E-state index < -0.39 is 0 Å². The molecule has 1 nitrogen and oxygen atoms in total. The number of nitrogens with one attached hydrogen (secondary N) is 1. The van der Waals surface area contributed by atoms with E-state index in [0.29, 0.717) is 6.04 Å². The van der Waals surface area contributed by atoms with Crippen molar-refractivity contribution in [3.8, 4) is 0 Å². The Morgan fingerprint density at radius 2 is 1.53 bits per heavy atom. The van der Waals surface area contributed by atoms with Crippen LogP contribution in [-0.4, -0.2) is 7.05 Å². The van der Waals surface area contributed by atoms with Crippen molar-refractivity contribution in [2.45, 2.75) is 40.7 Å². The van der Waals surface area contributed by atoms with Crippen LogP contribution in [-0.2, 0) is 0 Å². The van der Waals surface area contributed by atoms with Gasteiger partial charge >= 0.3 is 0 Å². The smallest absolute Gasteiger partial charge is 0.0372 e. The second kappa shape index (κ2) is 4.36. The zero-order valence-corrected chi connectivity index (χ0v) is 10.8. The fourth-order valence-electron chi connectivity index (χ4n) is 2.29. The highest BCUT2D eigenvalue weighted by molar-refractivity contribution is 5.37. The summed E-state index contributed by atoms with van der Waals surface area (Å²) in [7, 11) is 2.04. The largest absolute Gasteiger partial charge is 0.313 e. The van der Waals surface area contributed by atoms with Crippen molar-refractivity contribution >= 4 is 0 Å². The van der Waals surface area contributed by atoms with E-state index in [1.54, 1.807) is 0 Å². The van der Waals surface area contributed by atoms with Crippen molar-refractivity contribution in [3.05, 3.63) is 34.9 Å². The third-order valence-electron chi connectivity index (χ3n) is 2.99. The minimum atomic E-state index is 0.242. The molecule has 0 bridgehead atoms. The summed E-state index contributed by atoms with van der Waals surface area (Å²) >= 11 is 0. The Hall–Kier alpha value is -0.820. The Morgan fingerprint density at radius 3 is 1.87 bits per heavy atom. The molecular weight excluding hydrogens is 182 g/mol. The van der Waals surface area contributed by atoms with Crippen molar-refractivity contribution in [2.24, 2.45) is 5.41 Å². The molecule has 0 aliphatic rings. The van der Waals surface area contributed by atoms with Gasteiger partial charge in [0.05, 0.1) is 0 Å². The molecule has 1 aromatic carbocycles. The van der Waals surface area contributed by atoms with Gasteiger partial charge in [0, 0.05) is 6.04 Å². The molecule has 0 saturated heterocycles. The molecule has 1 heteroatoms. The van der Waals surface area contributed by atoms with E-state index >= 15 is 0 Å². The van der Waals surface area contributed by atoms with Crippen LogP contribution in [0.4, 0.5) is 0 Å². The van der Waals surface area contributed by atoms with Crippen molar-refractivity contribution in [1.82, 2.24) is 5.32 Å². The van der Waals surface area contributed by atoms with Crippen LogP contribution in [0.1, 0.15) is 43.5 Å². The van der Waals surface area contributed by atoms with E-state index in [1.807, 2.05) is 7.05 Å². The number of aryl methyl sites for hydroxylation is 2. The Balaban J connectivity index is 3.24. The molecule has 0 heterocycles. The fourth-order valence-corrected chi connectivity index (χ4v) is 2.29. The fraction of sp³-hybridized carbons (Fsp3) is 0.571. The van der Waals surface area contributed by atoms with Gasteiger partial charge in [0.15, 0.2) is 0 Å². The molecule has 1 aromatic rings. The molecule has 0 aliphatic carbocycles. The molecule has 15 heavy (non-hydrogen) atoms. The number of hydrogen-bond acceptors (Lipinski definition) is 1. The van der Waals surface area contributed by atoms with Crippen LogP contribution >= 0.6 is 0 Å². The predicted octanol–water partition coefficient (Wildman–Crippen LogP) is 3.61. The highest BCUT2D eigenvalue weighted by Crippen LogP contribution is 2.35. The van der Waals surface area contributed by atoms with Gasteiger partial charge in [-0.25, -0.2) is 0 Å². The topological polar surface area (TPSA) is 12.0 Å². The molecule has 84 valence electrons. The van der Waals surface area contributed by atoms with Crippen LogP contribution in [0.2, 0.25) is 0 Å². The second-order valence-corrected chi connectivity index (χ2v) is 5.39. The first kappa shape index (κ1) is 12.3. The van der Waals surface area contributed by atoms with Crippen LogP contribution < -0.4 is 5.32 Å². The zero-order valence-electron chi connectivity index (χ0n) is 10.8. The molecule has 0 radical (unpaired) electrons. The van der Waals surface area contributed by atoms with Crippen molar-refractivity contribution in [1.29, 1.82) is 0 Å². The first-order valence-corrected chi connectivity index (χ1v) is 5.61. The van der Waals surface area contributed by atoms with Gasteiger partial charge in [-0.15, -0.1) is 0 Å². The average molecular weight is 205 g/mol.